The van der Waals surface area contributed by atoms with Crippen molar-refractivity contribution in [1.29, 1.82) is 0 Å². The number of hydrogen-bond donors (Lipinski definition) is 2. The van der Waals surface area contributed by atoms with Crippen LogP contribution in [0, 0.1) is 13.8 Å². The van der Waals surface area contributed by atoms with Gasteiger partial charge in [0.2, 0.25) is 0 Å². The maximum absolute atomic E-state index is 5.89. The van der Waals surface area contributed by atoms with Crippen LogP contribution < -0.4 is 10.6 Å². The van der Waals surface area contributed by atoms with Crippen molar-refractivity contribution in [1.82, 2.24) is 15.6 Å². The van der Waals surface area contributed by atoms with Gasteiger partial charge in [-0.2, -0.15) is 0 Å². The second kappa shape index (κ2) is 12.8. The molecule has 2 rings (SSSR count). The molecule has 0 unspecified atom stereocenters. The molecule has 0 bridgehead atoms. The van der Waals surface area contributed by atoms with E-state index in [4.69, 9.17) is 9.47 Å². The van der Waals surface area contributed by atoms with Gasteiger partial charge in [0.15, 0.2) is 5.96 Å². The summed E-state index contributed by atoms with van der Waals surface area (Å²) in [6, 6.07) is 0. The van der Waals surface area contributed by atoms with Gasteiger partial charge < -0.3 is 20.1 Å². The molecule has 1 aromatic heterocycles. The van der Waals surface area contributed by atoms with Crippen LogP contribution >= 0.6 is 35.3 Å². The van der Waals surface area contributed by atoms with Gasteiger partial charge in [-0.05, 0) is 40.0 Å². The van der Waals surface area contributed by atoms with E-state index < -0.39 is 0 Å². The number of hydrogen-bond acceptors (Lipinski definition) is 5. The summed E-state index contributed by atoms with van der Waals surface area (Å²) in [5, 5.41) is 7.76. The van der Waals surface area contributed by atoms with Gasteiger partial charge in [-0.25, -0.2) is 9.98 Å². The Morgan fingerprint density at radius 3 is 2.72 bits per heavy atom. The first-order valence-electron chi connectivity index (χ1n) is 8.83. The van der Waals surface area contributed by atoms with Gasteiger partial charge in [0, 0.05) is 37.8 Å². The Morgan fingerprint density at radius 2 is 2.08 bits per heavy atom. The minimum atomic E-state index is 0. The molecule has 0 atom stereocenters. The number of guanidine groups is 1. The van der Waals surface area contributed by atoms with E-state index in [0.29, 0.717) is 12.6 Å². The highest BCUT2D eigenvalue weighted by Gasteiger charge is 2.13. The van der Waals surface area contributed by atoms with Crippen molar-refractivity contribution < 1.29 is 9.47 Å². The van der Waals surface area contributed by atoms with E-state index in [1.54, 1.807) is 11.3 Å². The van der Waals surface area contributed by atoms with E-state index in [1.807, 2.05) is 13.8 Å². The van der Waals surface area contributed by atoms with Crippen molar-refractivity contribution in [3.05, 3.63) is 15.6 Å². The predicted octanol–water partition coefficient (Wildman–Crippen LogP) is 3.02. The van der Waals surface area contributed by atoms with Crippen LogP contribution in [0.3, 0.4) is 0 Å². The summed E-state index contributed by atoms with van der Waals surface area (Å²) in [4.78, 5) is 10.3. The summed E-state index contributed by atoms with van der Waals surface area (Å²) in [5.41, 5.74) is 1.09. The van der Waals surface area contributed by atoms with Gasteiger partial charge in [0.05, 0.1) is 23.4 Å². The van der Waals surface area contributed by atoms with Crippen LogP contribution in [0.4, 0.5) is 0 Å². The Kier molecular flexibility index (Phi) is 11.6. The number of halogens is 1. The van der Waals surface area contributed by atoms with E-state index in [1.165, 1.54) is 4.88 Å². The molecule has 144 valence electrons. The zero-order valence-corrected chi connectivity index (χ0v) is 18.6. The number of thiazole rings is 1. The third-order valence-electron chi connectivity index (χ3n) is 3.86. The fraction of sp³-hybridized carbons (Fsp3) is 0.765. The highest BCUT2D eigenvalue weighted by atomic mass is 127. The number of ether oxygens (including phenoxy) is 2. The second-order valence-electron chi connectivity index (χ2n) is 5.90. The first kappa shape index (κ1) is 22.6. The summed E-state index contributed by atoms with van der Waals surface area (Å²) >= 11 is 1.72. The number of nitrogens with zero attached hydrogens (tertiary/aromatic N) is 2. The van der Waals surface area contributed by atoms with Gasteiger partial charge >= 0.3 is 0 Å². The molecule has 0 radical (unpaired) electrons. The van der Waals surface area contributed by atoms with Crippen molar-refractivity contribution in [3.63, 3.8) is 0 Å². The predicted molar refractivity (Wildman–Crippen MR) is 114 cm³/mol. The summed E-state index contributed by atoms with van der Waals surface area (Å²) in [6.45, 7) is 11.0. The minimum absolute atomic E-state index is 0. The van der Waals surface area contributed by atoms with Crippen LogP contribution in [0.2, 0.25) is 0 Å². The third kappa shape index (κ3) is 8.65. The van der Waals surface area contributed by atoms with Crippen molar-refractivity contribution in [3.8, 4) is 0 Å². The zero-order valence-electron chi connectivity index (χ0n) is 15.5. The third-order valence-corrected chi connectivity index (χ3v) is 4.92. The molecule has 0 spiro atoms. The quantitative estimate of drug-likeness (QED) is 0.258. The lowest BCUT2D eigenvalue weighted by molar-refractivity contribution is -0.0320. The van der Waals surface area contributed by atoms with Crippen LogP contribution in [0.25, 0.3) is 0 Å². The Bertz CT molecular complexity index is 519. The molecule has 25 heavy (non-hydrogen) atoms. The van der Waals surface area contributed by atoms with Gasteiger partial charge in [-0.15, -0.1) is 35.3 Å². The number of aromatic nitrogens is 1. The second-order valence-corrected chi connectivity index (χ2v) is 7.19. The first-order valence-corrected chi connectivity index (χ1v) is 9.65. The minimum Gasteiger partial charge on any atom is -0.381 e. The average Bonchev–Trinajstić information content (AvgIpc) is 2.90. The van der Waals surface area contributed by atoms with Crippen LogP contribution in [0.5, 0.6) is 0 Å². The van der Waals surface area contributed by atoms with Gasteiger partial charge in [-0.3, -0.25) is 0 Å². The molecule has 0 amide bonds. The smallest absolute Gasteiger partial charge is 0.191 e. The van der Waals surface area contributed by atoms with Crippen molar-refractivity contribution in [2.24, 2.45) is 4.99 Å². The standard InChI is InChI=1S/C17H30N4O2S.HI/c1-4-18-17(20-12-16-13(2)21-14(3)24-16)19-8-5-9-23-15-6-10-22-11-7-15;/h15H,4-12H2,1-3H3,(H2,18,19,20);1H. The Hall–Kier alpha value is -0.450. The fourth-order valence-electron chi connectivity index (χ4n) is 2.58. The number of aliphatic imine (C=N–C) groups is 1. The number of nitrogens with one attached hydrogen (secondary N) is 2. The average molecular weight is 482 g/mol. The van der Waals surface area contributed by atoms with E-state index in [9.17, 15) is 0 Å². The molecule has 1 aromatic rings. The van der Waals surface area contributed by atoms with Crippen LogP contribution in [0.1, 0.15) is 41.8 Å². The maximum atomic E-state index is 5.89. The number of aryl methyl sites for hydroxylation is 2. The van der Waals surface area contributed by atoms with Crippen molar-refractivity contribution in [2.45, 2.75) is 52.7 Å². The Balaban J connectivity index is 0.00000312. The molecule has 0 saturated carbocycles. The fourth-order valence-corrected chi connectivity index (χ4v) is 3.45. The molecule has 0 aromatic carbocycles. The van der Waals surface area contributed by atoms with E-state index in [2.05, 4.69) is 27.5 Å². The van der Waals surface area contributed by atoms with Crippen molar-refractivity contribution >= 4 is 41.3 Å². The molecule has 6 nitrogen and oxygen atoms in total. The zero-order chi connectivity index (χ0) is 17.2. The van der Waals surface area contributed by atoms with Crippen molar-refractivity contribution in [2.75, 3.05) is 32.9 Å². The highest BCUT2D eigenvalue weighted by Crippen LogP contribution is 2.17. The molecular weight excluding hydrogens is 451 g/mol. The van der Waals surface area contributed by atoms with E-state index in [0.717, 1.165) is 68.8 Å². The molecule has 1 aliphatic rings. The van der Waals surface area contributed by atoms with Gasteiger partial charge in [0.25, 0.3) is 0 Å². The molecule has 0 aliphatic carbocycles. The lowest BCUT2D eigenvalue weighted by atomic mass is 10.1. The largest absolute Gasteiger partial charge is 0.381 e. The molecule has 2 heterocycles. The lowest BCUT2D eigenvalue weighted by Gasteiger charge is -2.22. The molecule has 1 saturated heterocycles. The van der Waals surface area contributed by atoms with Gasteiger partial charge in [0.1, 0.15) is 0 Å². The monoisotopic (exact) mass is 482 g/mol. The molecule has 2 N–H and O–H groups in total. The molecule has 8 heteroatoms. The van der Waals surface area contributed by atoms with Crippen LogP contribution in [-0.2, 0) is 16.0 Å². The maximum Gasteiger partial charge on any atom is 0.191 e. The van der Waals surface area contributed by atoms with E-state index in [-0.39, 0.29) is 24.0 Å². The summed E-state index contributed by atoms with van der Waals surface area (Å²) < 4.78 is 11.2. The summed E-state index contributed by atoms with van der Waals surface area (Å²) in [5.74, 6) is 0.856. The SMILES string of the molecule is CCNC(=NCc1sc(C)nc1C)NCCCOC1CCOCC1.I. The number of rotatable bonds is 8. The highest BCUT2D eigenvalue weighted by molar-refractivity contribution is 14.0. The summed E-state index contributed by atoms with van der Waals surface area (Å²) in [7, 11) is 0. The van der Waals surface area contributed by atoms with Crippen LogP contribution in [-0.4, -0.2) is 50.0 Å². The van der Waals surface area contributed by atoms with E-state index >= 15 is 0 Å². The lowest BCUT2D eigenvalue weighted by Crippen LogP contribution is -2.38. The Labute approximate surface area is 172 Å². The molecule has 1 aliphatic heterocycles. The topological polar surface area (TPSA) is 67.8 Å². The molecule has 1 fully saturated rings. The summed E-state index contributed by atoms with van der Waals surface area (Å²) in [6.07, 6.45) is 3.38. The molecular formula is C17H31IN4O2S. The Morgan fingerprint density at radius 1 is 1.32 bits per heavy atom. The van der Waals surface area contributed by atoms with Crippen LogP contribution in [0.15, 0.2) is 4.99 Å². The van der Waals surface area contributed by atoms with Gasteiger partial charge in [-0.1, -0.05) is 0 Å². The normalized spacial score (nSPS) is 15.7. The first-order chi connectivity index (χ1) is 11.7.